The van der Waals surface area contributed by atoms with Gasteiger partial charge < -0.3 is 15.0 Å². The molecule has 0 aromatic heterocycles. The first kappa shape index (κ1) is 26.0. The second-order valence-corrected chi connectivity index (χ2v) is 8.61. The molecule has 0 fully saturated rings. The van der Waals surface area contributed by atoms with Crippen LogP contribution in [0.5, 0.6) is 5.75 Å². The first-order valence-corrected chi connectivity index (χ1v) is 11.8. The number of ether oxygens (including phenoxy) is 1. The van der Waals surface area contributed by atoms with Crippen molar-refractivity contribution in [3.63, 3.8) is 0 Å². The van der Waals surface area contributed by atoms with Crippen molar-refractivity contribution in [1.82, 2.24) is 10.2 Å². The zero-order valence-electron chi connectivity index (χ0n) is 19.2. The molecule has 2 atom stereocenters. The molecule has 5 nitrogen and oxygen atoms in total. The van der Waals surface area contributed by atoms with Crippen molar-refractivity contribution in [2.45, 2.75) is 65.6 Å². The van der Waals surface area contributed by atoms with Crippen LogP contribution >= 0.6 is 23.2 Å². The molecule has 2 unspecified atom stereocenters. The Balaban J connectivity index is 2.22. The fraction of sp³-hybridized carbons (Fsp3) is 0.440. The molecule has 0 aliphatic carbocycles. The Morgan fingerprint density at radius 2 is 1.62 bits per heavy atom. The van der Waals surface area contributed by atoms with Gasteiger partial charge in [-0.3, -0.25) is 9.59 Å². The Morgan fingerprint density at radius 3 is 2.19 bits per heavy atom. The van der Waals surface area contributed by atoms with Crippen LogP contribution in [0.3, 0.4) is 0 Å². The predicted octanol–water partition coefficient (Wildman–Crippen LogP) is 5.66. The highest BCUT2D eigenvalue weighted by molar-refractivity contribution is 6.42. The van der Waals surface area contributed by atoms with Crippen LogP contribution < -0.4 is 10.1 Å². The Bertz CT molecular complexity index is 903. The molecule has 174 valence electrons. The average Bonchev–Trinajstić information content (AvgIpc) is 2.79. The van der Waals surface area contributed by atoms with Gasteiger partial charge in [0, 0.05) is 12.6 Å². The molecule has 0 radical (unpaired) electrons. The van der Waals surface area contributed by atoms with Crippen LogP contribution in [0.15, 0.2) is 42.5 Å². The van der Waals surface area contributed by atoms with Crippen molar-refractivity contribution in [3.8, 4) is 5.75 Å². The Labute approximate surface area is 201 Å². The van der Waals surface area contributed by atoms with E-state index in [4.69, 9.17) is 27.9 Å². The largest absolute Gasteiger partial charge is 0.484 e. The van der Waals surface area contributed by atoms with Crippen LogP contribution in [0.1, 0.15) is 51.7 Å². The van der Waals surface area contributed by atoms with Crippen molar-refractivity contribution in [2.75, 3.05) is 6.61 Å². The van der Waals surface area contributed by atoms with E-state index in [2.05, 4.69) is 12.2 Å². The zero-order valence-corrected chi connectivity index (χ0v) is 20.7. The van der Waals surface area contributed by atoms with Crippen LogP contribution in [-0.4, -0.2) is 35.4 Å². The third-order valence-corrected chi connectivity index (χ3v) is 6.16. The van der Waals surface area contributed by atoms with E-state index in [1.807, 2.05) is 45.0 Å². The molecule has 2 rings (SSSR count). The highest BCUT2D eigenvalue weighted by Crippen LogP contribution is 2.24. The number of carbonyl (C=O) groups excluding carboxylic acids is 2. The number of nitrogens with one attached hydrogen (secondary N) is 1. The smallest absolute Gasteiger partial charge is 0.261 e. The molecule has 32 heavy (non-hydrogen) atoms. The van der Waals surface area contributed by atoms with E-state index in [0.717, 1.165) is 18.4 Å². The number of carbonyl (C=O) groups is 2. The Kier molecular flexibility index (Phi) is 10.3. The minimum absolute atomic E-state index is 0.0202. The van der Waals surface area contributed by atoms with Gasteiger partial charge in [-0.2, -0.15) is 0 Å². The third kappa shape index (κ3) is 7.42. The van der Waals surface area contributed by atoms with Gasteiger partial charge in [-0.1, -0.05) is 62.2 Å². The summed E-state index contributed by atoms with van der Waals surface area (Å²) >= 11 is 12.2. The van der Waals surface area contributed by atoms with Gasteiger partial charge in [-0.25, -0.2) is 0 Å². The third-order valence-electron chi connectivity index (χ3n) is 5.42. The molecular weight excluding hydrogens is 447 g/mol. The number of hydrogen-bond donors (Lipinski definition) is 1. The summed E-state index contributed by atoms with van der Waals surface area (Å²) in [5.41, 5.74) is 1.98. The molecule has 0 aliphatic heterocycles. The number of benzene rings is 2. The maximum Gasteiger partial charge on any atom is 0.261 e. The van der Waals surface area contributed by atoms with Crippen LogP contribution in [0, 0.1) is 0 Å². The summed E-state index contributed by atoms with van der Waals surface area (Å²) in [6.45, 7) is 7.97. The van der Waals surface area contributed by atoms with Gasteiger partial charge in [0.25, 0.3) is 5.91 Å². The normalized spacial score (nSPS) is 12.7. The predicted molar refractivity (Wildman–Crippen MR) is 130 cm³/mol. The summed E-state index contributed by atoms with van der Waals surface area (Å²) in [4.78, 5) is 27.7. The zero-order chi connectivity index (χ0) is 23.7. The SMILES string of the molecule is CCc1ccc(OCC(=O)N(Cc2ccc(Cl)c(Cl)c2)C(CC)C(=O)NC(C)CC)cc1. The van der Waals surface area contributed by atoms with Crippen molar-refractivity contribution < 1.29 is 14.3 Å². The Hall–Kier alpha value is -2.24. The molecule has 0 saturated heterocycles. The van der Waals surface area contributed by atoms with Gasteiger partial charge in [0.05, 0.1) is 10.0 Å². The number of rotatable bonds is 11. The maximum absolute atomic E-state index is 13.2. The summed E-state index contributed by atoms with van der Waals surface area (Å²) in [5.74, 6) is 0.159. The minimum Gasteiger partial charge on any atom is -0.484 e. The molecule has 0 bridgehead atoms. The summed E-state index contributed by atoms with van der Waals surface area (Å²) < 4.78 is 5.74. The Morgan fingerprint density at radius 1 is 0.969 bits per heavy atom. The molecule has 0 saturated carbocycles. The summed E-state index contributed by atoms with van der Waals surface area (Å²) in [5, 5.41) is 3.83. The van der Waals surface area contributed by atoms with Gasteiger partial charge in [0.1, 0.15) is 11.8 Å². The van der Waals surface area contributed by atoms with Crippen LogP contribution in [0.4, 0.5) is 0 Å². The van der Waals surface area contributed by atoms with Crippen LogP contribution in [-0.2, 0) is 22.6 Å². The van der Waals surface area contributed by atoms with Crippen LogP contribution in [0.2, 0.25) is 10.0 Å². The van der Waals surface area contributed by atoms with Crippen molar-refractivity contribution in [1.29, 1.82) is 0 Å². The van der Waals surface area contributed by atoms with E-state index in [1.165, 1.54) is 5.56 Å². The van der Waals surface area contributed by atoms with Gasteiger partial charge >= 0.3 is 0 Å². The lowest BCUT2D eigenvalue weighted by Gasteiger charge is -2.31. The van der Waals surface area contributed by atoms with Crippen molar-refractivity contribution in [2.24, 2.45) is 0 Å². The number of nitrogens with zero attached hydrogens (tertiary/aromatic N) is 1. The van der Waals surface area contributed by atoms with E-state index in [0.29, 0.717) is 22.2 Å². The molecule has 1 N–H and O–H groups in total. The quantitative estimate of drug-likeness (QED) is 0.453. The summed E-state index contributed by atoms with van der Waals surface area (Å²) in [6.07, 6.45) is 2.21. The minimum atomic E-state index is -0.628. The van der Waals surface area contributed by atoms with E-state index in [1.54, 1.807) is 23.1 Å². The van der Waals surface area contributed by atoms with Gasteiger partial charge in [0.2, 0.25) is 5.91 Å². The van der Waals surface area contributed by atoms with E-state index >= 15 is 0 Å². The number of hydrogen-bond acceptors (Lipinski definition) is 3. The highest BCUT2D eigenvalue weighted by Gasteiger charge is 2.29. The van der Waals surface area contributed by atoms with Gasteiger partial charge in [0.15, 0.2) is 6.61 Å². The van der Waals surface area contributed by atoms with Crippen molar-refractivity contribution >= 4 is 35.0 Å². The van der Waals surface area contributed by atoms with E-state index < -0.39 is 6.04 Å². The average molecular weight is 479 g/mol. The van der Waals surface area contributed by atoms with Gasteiger partial charge in [-0.05, 0) is 61.6 Å². The highest BCUT2D eigenvalue weighted by atomic mass is 35.5. The second-order valence-electron chi connectivity index (χ2n) is 7.80. The molecule has 2 aromatic rings. The molecule has 7 heteroatoms. The molecule has 2 amide bonds. The summed E-state index contributed by atoms with van der Waals surface area (Å²) in [6, 6.07) is 12.2. The molecule has 0 aliphatic rings. The first-order valence-electron chi connectivity index (χ1n) is 11.0. The number of amides is 2. The fourth-order valence-corrected chi connectivity index (χ4v) is 3.57. The van der Waals surface area contributed by atoms with E-state index in [9.17, 15) is 9.59 Å². The lowest BCUT2D eigenvalue weighted by molar-refractivity contribution is -0.143. The summed E-state index contributed by atoms with van der Waals surface area (Å²) in [7, 11) is 0. The lowest BCUT2D eigenvalue weighted by Crippen LogP contribution is -2.51. The standard InChI is InChI=1S/C25H32Cl2N2O3/c1-5-17(4)28-25(31)23(7-3)29(15-19-10-13-21(26)22(27)14-19)24(30)16-32-20-11-8-18(6-2)9-12-20/h8-14,17,23H,5-7,15-16H2,1-4H3,(H,28,31). The topological polar surface area (TPSA) is 58.6 Å². The molecule has 0 heterocycles. The fourth-order valence-electron chi connectivity index (χ4n) is 3.24. The molecular formula is C25H32Cl2N2O3. The number of halogens is 2. The monoisotopic (exact) mass is 478 g/mol. The first-order chi connectivity index (χ1) is 15.3. The van der Waals surface area contributed by atoms with Gasteiger partial charge in [-0.15, -0.1) is 0 Å². The lowest BCUT2D eigenvalue weighted by atomic mass is 10.1. The number of aryl methyl sites for hydroxylation is 1. The van der Waals surface area contributed by atoms with Crippen LogP contribution in [0.25, 0.3) is 0 Å². The maximum atomic E-state index is 13.2. The molecule has 2 aromatic carbocycles. The second kappa shape index (κ2) is 12.7. The molecule has 0 spiro atoms. The van der Waals surface area contributed by atoms with Crippen molar-refractivity contribution in [3.05, 3.63) is 63.6 Å². The van der Waals surface area contributed by atoms with E-state index in [-0.39, 0.29) is 31.0 Å².